The molecule has 1 rings (SSSR count). The number of amides is 1. The lowest BCUT2D eigenvalue weighted by atomic mass is 10.6. The van der Waals surface area contributed by atoms with Gasteiger partial charge in [-0.1, -0.05) is 0 Å². The van der Waals surface area contributed by atoms with E-state index < -0.39 is 22.4 Å². The van der Waals surface area contributed by atoms with Crippen LogP contribution in [0.25, 0.3) is 0 Å². The smallest absolute Gasteiger partial charge is 0.411 e. The minimum absolute atomic E-state index is 0.0532. The highest BCUT2D eigenvalue weighted by Crippen LogP contribution is 2.12. The number of hydrogen-bond donors (Lipinski definition) is 0. The normalized spacial score (nSPS) is 24.3. The number of nitrogens with zero attached hydrogens (tertiary/aromatic N) is 1. The van der Waals surface area contributed by atoms with Crippen LogP contribution in [0.15, 0.2) is 0 Å². The molecule has 7 heteroatoms. The molecule has 6 nitrogen and oxygen atoms in total. The van der Waals surface area contributed by atoms with Crippen molar-refractivity contribution >= 4 is 16.2 Å². The Morgan fingerprint density at radius 2 is 2.25 bits per heavy atom. The summed E-state index contributed by atoms with van der Waals surface area (Å²) in [7, 11) is -2.13. The average Bonchev–Trinajstić information content (AvgIpc) is 2.16. The Morgan fingerprint density at radius 3 is 2.58 bits per heavy atom. The molecule has 1 aliphatic heterocycles. The largest absolute Gasteiger partial charge is 0.445 e. The standard InChI is InChI=1S/C5H9NO5S/c1-6-4(3-10-5(6)7)11-12(2,8)9/h4H,3H2,1-2H3/t4-/m0/s1. The Balaban J connectivity index is 2.62. The monoisotopic (exact) mass is 195 g/mol. The van der Waals surface area contributed by atoms with Gasteiger partial charge < -0.3 is 4.74 Å². The number of cyclic esters (lactones) is 1. The van der Waals surface area contributed by atoms with E-state index in [4.69, 9.17) is 0 Å². The summed E-state index contributed by atoms with van der Waals surface area (Å²) < 4.78 is 30.3. The first-order chi connectivity index (χ1) is 5.40. The molecular weight excluding hydrogens is 186 g/mol. The molecule has 1 fully saturated rings. The van der Waals surface area contributed by atoms with Crippen molar-refractivity contribution < 1.29 is 22.1 Å². The molecule has 0 radical (unpaired) electrons. The summed E-state index contributed by atoms with van der Waals surface area (Å²) in [4.78, 5) is 11.8. The molecule has 0 aliphatic carbocycles. The molecule has 0 aromatic heterocycles. The highest BCUT2D eigenvalue weighted by molar-refractivity contribution is 7.86. The first-order valence-corrected chi connectivity index (χ1v) is 4.99. The van der Waals surface area contributed by atoms with E-state index in [0.717, 1.165) is 11.2 Å². The number of ether oxygens (including phenoxy) is 1. The molecule has 1 heterocycles. The molecule has 0 bridgehead atoms. The maximum absolute atomic E-state index is 10.7. The van der Waals surface area contributed by atoms with Gasteiger partial charge in [0.05, 0.1) is 6.26 Å². The average molecular weight is 195 g/mol. The Kier molecular flexibility index (Phi) is 2.25. The fraction of sp³-hybridized carbons (Fsp3) is 0.800. The van der Waals surface area contributed by atoms with Crippen molar-refractivity contribution in [3.63, 3.8) is 0 Å². The summed E-state index contributed by atoms with van der Waals surface area (Å²) in [5.74, 6) is 0. The van der Waals surface area contributed by atoms with Crippen LogP contribution in [-0.4, -0.2) is 45.5 Å². The third-order valence-electron chi connectivity index (χ3n) is 1.36. The van der Waals surface area contributed by atoms with Crippen LogP contribution in [-0.2, 0) is 19.0 Å². The fourth-order valence-corrected chi connectivity index (χ4v) is 1.36. The molecule has 0 saturated carbocycles. The summed E-state index contributed by atoms with van der Waals surface area (Å²) in [6, 6.07) is 0. The van der Waals surface area contributed by atoms with E-state index in [0.29, 0.717) is 0 Å². The van der Waals surface area contributed by atoms with Crippen LogP contribution >= 0.6 is 0 Å². The van der Waals surface area contributed by atoms with Gasteiger partial charge in [-0.25, -0.2) is 8.98 Å². The molecule has 0 aromatic rings. The molecule has 0 unspecified atom stereocenters. The van der Waals surface area contributed by atoms with Crippen molar-refractivity contribution in [1.82, 2.24) is 4.90 Å². The van der Waals surface area contributed by atoms with Gasteiger partial charge >= 0.3 is 6.09 Å². The van der Waals surface area contributed by atoms with E-state index in [1.807, 2.05) is 0 Å². The first kappa shape index (κ1) is 9.27. The molecule has 0 N–H and O–H groups in total. The maximum atomic E-state index is 10.7. The highest BCUT2D eigenvalue weighted by Gasteiger charge is 2.32. The third kappa shape index (κ3) is 2.08. The van der Waals surface area contributed by atoms with Gasteiger partial charge in [0, 0.05) is 7.05 Å². The second kappa shape index (κ2) is 2.91. The molecule has 1 atom stereocenters. The van der Waals surface area contributed by atoms with E-state index in [1.54, 1.807) is 0 Å². The number of carbonyl (C=O) groups excluding carboxylic acids is 1. The molecular formula is C5H9NO5S. The van der Waals surface area contributed by atoms with Gasteiger partial charge in [-0.05, 0) is 0 Å². The molecule has 0 aromatic carbocycles. The van der Waals surface area contributed by atoms with Crippen molar-refractivity contribution in [3.8, 4) is 0 Å². The van der Waals surface area contributed by atoms with Crippen LogP contribution in [0, 0.1) is 0 Å². The highest BCUT2D eigenvalue weighted by atomic mass is 32.2. The fourth-order valence-electron chi connectivity index (χ4n) is 0.768. The predicted molar refractivity (Wildman–Crippen MR) is 38.8 cm³/mol. The predicted octanol–water partition coefficient (Wildman–Crippen LogP) is -0.629. The van der Waals surface area contributed by atoms with E-state index in [9.17, 15) is 13.2 Å². The molecule has 1 amide bonds. The van der Waals surface area contributed by atoms with Crippen molar-refractivity contribution in [1.29, 1.82) is 0 Å². The van der Waals surface area contributed by atoms with Gasteiger partial charge in [0.2, 0.25) is 0 Å². The van der Waals surface area contributed by atoms with Crippen molar-refractivity contribution in [2.75, 3.05) is 19.9 Å². The van der Waals surface area contributed by atoms with Crippen LogP contribution in [0.4, 0.5) is 4.79 Å². The third-order valence-corrected chi connectivity index (χ3v) is 1.93. The van der Waals surface area contributed by atoms with E-state index in [2.05, 4.69) is 8.92 Å². The Morgan fingerprint density at radius 1 is 1.67 bits per heavy atom. The number of carbonyl (C=O) groups is 1. The Bertz CT molecular complexity index is 284. The summed E-state index contributed by atoms with van der Waals surface area (Å²) >= 11 is 0. The van der Waals surface area contributed by atoms with Gasteiger partial charge in [-0.2, -0.15) is 8.42 Å². The Hall–Kier alpha value is -0.820. The van der Waals surface area contributed by atoms with Gasteiger partial charge in [0.25, 0.3) is 10.1 Å². The Labute approximate surface area is 70.2 Å². The van der Waals surface area contributed by atoms with E-state index >= 15 is 0 Å². The molecule has 1 aliphatic rings. The zero-order valence-electron chi connectivity index (χ0n) is 6.68. The lowest BCUT2D eigenvalue weighted by Crippen LogP contribution is -2.33. The SMILES string of the molecule is CN1C(=O)OC[C@@H]1OS(C)(=O)=O. The number of likely N-dealkylation sites (N-methyl/N-ethyl adjacent to an activating group) is 1. The van der Waals surface area contributed by atoms with E-state index in [-0.39, 0.29) is 6.61 Å². The summed E-state index contributed by atoms with van der Waals surface area (Å²) in [6.45, 7) is -0.0532. The molecule has 0 spiro atoms. The lowest BCUT2D eigenvalue weighted by molar-refractivity contribution is 0.106. The summed E-state index contributed by atoms with van der Waals surface area (Å²) in [5, 5.41) is 0. The number of hydrogen-bond acceptors (Lipinski definition) is 5. The van der Waals surface area contributed by atoms with Crippen LogP contribution in [0.1, 0.15) is 0 Å². The second-order valence-corrected chi connectivity index (χ2v) is 4.04. The van der Waals surface area contributed by atoms with Crippen LogP contribution in [0.3, 0.4) is 0 Å². The van der Waals surface area contributed by atoms with Crippen molar-refractivity contribution in [3.05, 3.63) is 0 Å². The van der Waals surface area contributed by atoms with E-state index in [1.165, 1.54) is 7.05 Å². The van der Waals surface area contributed by atoms with Gasteiger partial charge in [-0.15, -0.1) is 0 Å². The summed E-state index contributed by atoms with van der Waals surface area (Å²) in [6.07, 6.45) is -0.486. The maximum Gasteiger partial charge on any atom is 0.411 e. The van der Waals surface area contributed by atoms with Crippen molar-refractivity contribution in [2.24, 2.45) is 0 Å². The molecule has 12 heavy (non-hydrogen) atoms. The first-order valence-electron chi connectivity index (χ1n) is 3.18. The molecule has 70 valence electrons. The minimum Gasteiger partial charge on any atom is -0.445 e. The summed E-state index contributed by atoms with van der Waals surface area (Å²) in [5.41, 5.74) is 0. The van der Waals surface area contributed by atoms with Crippen molar-refractivity contribution in [2.45, 2.75) is 6.23 Å². The van der Waals surface area contributed by atoms with Crippen LogP contribution in [0.2, 0.25) is 0 Å². The quantitative estimate of drug-likeness (QED) is 0.548. The molecule has 1 saturated heterocycles. The van der Waals surface area contributed by atoms with Gasteiger partial charge in [-0.3, -0.25) is 4.90 Å². The van der Waals surface area contributed by atoms with Gasteiger partial charge in [0.15, 0.2) is 6.23 Å². The minimum atomic E-state index is -3.54. The number of rotatable bonds is 2. The second-order valence-electron chi connectivity index (χ2n) is 2.44. The zero-order valence-corrected chi connectivity index (χ0v) is 7.50. The van der Waals surface area contributed by atoms with Crippen LogP contribution < -0.4 is 0 Å². The van der Waals surface area contributed by atoms with Gasteiger partial charge in [0.1, 0.15) is 6.61 Å². The van der Waals surface area contributed by atoms with Crippen LogP contribution in [0.5, 0.6) is 0 Å². The lowest BCUT2D eigenvalue weighted by Gasteiger charge is -2.14. The topological polar surface area (TPSA) is 72.9 Å². The zero-order chi connectivity index (χ0) is 9.35.